The van der Waals surface area contributed by atoms with Crippen LogP contribution in [0.25, 0.3) is 11.5 Å². The van der Waals surface area contributed by atoms with Gasteiger partial charge in [0, 0.05) is 19.5 Å². The Labute approximate surface area is 138 Å². The second-order valence-corrected chi connectivity index (χ2v) is 6.12. The normalized spacial score (nSPS) is 19.4. The van der Waals surface area contributed by atoms with Crippen LogP contribution in [0.5, 0.6) is 0 Å². The van der Waals surface area contributed by atoms with E-state index in [1.165, 1.54) is 35.4 Å². The van der Waals surface area contributed by atoms with Crippen LogP contribution in [0.3, 0.4) is 0 Å². The number of carbonyl (C=O) groups is 2. The molecule has 2 aromatic heterocycles. The van der Waals surface area contributed by atoms with Crippen molar-refractivity contribution < 1.29 is 23.5 Å². The molecule has 2 aliphatic rings. The molecular formula is C13H10N5O5S+. The fourth-order valence-corrected chi connectivity index (χ4v) is 3.66. The number of hydrogen-bond acceptors (Lipinski definition) is 7. The average molecular weight is 348 g/mol. The van der Waals surface area contributed by atoms with Crippen molar-refractivity contribution >= 4 is 40.1 Å². The van der Waals surface area contributed by atoms with Gasteiger partial charge in [0.1, 0.15) is 4.92 Å². The first kappa shape index (κ1) is 14.5. The number of fused-ring (bicyclic) bond motifs is 3. The van der Waals surface area contributed by atoms with Crippen molar-refractivity contribution in [3.05, 3.63) is 27.6 Å². The lowest BCUT2D eigenvalue weighted by Gasteiger charge is -2.29. The lowest BCUT2D eigenvalue weighted by molar-refractivity contribution is -0.663. The Balaban J connectivity index is 1.83. The maximum Gasteiger partial charge on any atom is 0.433 e. The molecule has 3 amide bonds. The van der Waals surface area contributed by atoms with Crippen molar-refractivity contribution in [2.45, 2.75) is 6.04 Å². The third-order valence-electron chi connectivity index (χ3n) is 3.96. The second-order valence-electron chi connectivity index (χ2n) is 5.28. The molecule has 2 aromatic rings. The summed E-state index contributed by atoms with van der Waals surface area (Å²) >= 11 is 1.26. The Morgan fingerprint density at radius 2 is 2.08 bits per heavy atom. The van der Waals surface area contributed by atoms with E-state index in [9.17, 15) is 19.7 Å². The topological polar surface area (TPSA) is 113 Å². The number of amides is 3. The van der Waals surface area contributed by atoms with Crippen molar-refractivity contribution in [1.82, 2.24) is 9.80 Å². The summed E-state index contributed by atoms with van der Waals surface area (Å²) in [4.78, 5) is 41.5. The zero-order valence-corrected chi connectivity index (χ0v) is 13.3. The molecule has 4 rings (SSSR count). The first-order valence-electron chi connectivity index (χ1n) is 6.81. The van der Waals surface area contributed by atoms with Crippen molar-refractivity contribution in [3.8, 4) is 11.5 Å². The van der Waals surface area contributed by atoms with Gasteiger partial charge < -0.3 is 4.42 Å². The predicted molar refractivity (Wildman–Crippen MR) is 80.9 cm³/mol. The van der Waals surface area contributed by atoms with Crippen LogP contribution < -0.4 is 4.57 Å². The molecule has 1 saturated heterocycles. The maximum atomic E-state index is 12.6. The van der Waals surface area contributed by atoms with Gasteiger partial charge in [-0.2, -0.15) is 4.57 Å². The Kier molecular flexibility index (Phi) is 2.85. The Morgan fingerprint density at radius 1 is 1.33 bits per heavy atom. The van der Waals surface area contributed by atoms with Crippen LogP contribution in [0.4, 0.5) is 15.8 Å². The van der Waals surface area contributed by atoms with E-state index in [0.29, 0.717) is 16.7 Å². The van der Waals surface area contributed by atoms with Crippen LogP contribution in [0.2, 0.25) is 0 Å². The molecule has 10 nitrogen and oxygen atoms in total. The number of furan rings is 1. The molecule has 0 saturated carbocycles. The van der Waals surface area contributed by atoms with Crippen LogP contribution >= 0.6 is 11.3 Å². The van der Waals surface area contributed by atoms with Gasteiger partial charge in [-0.1, -0.05) is 11.3 Å². The fourth-order valence-electron chi connectivity index (χ4n) is 2.75. The number of nitrogens with zero attached hydrogens (tertiary/aromatic N) is 5. The first-order chi connectivity index (χ1) is 11.4. The molecule has 1 atom stereocenters. The van der Waals surface area contributed by atoms with Crippen molar-refractivity contribution in [1.29, 1.82) is 0 Å². The van der Waals surface area contributed by atoms with Crippen molar-refractivity contribution in [2.75, 3.05) is 14.1 Å². The number of imide groups is 1. The van der Waals surface area contributed by atoms with Gasteiger partial charge in [-0.15, -0.1) is 0 Å². The molecule has 0 N–H and O–H groups in total. The number of likely N-dealkylation sites (N-methyl/N-ethyl adjacent to an activating group) is 2. The molecule has 0 aliphatic carbocycles. The van der Waals surface area contributed by atoms with Crippen LogP contribution in [0, 0.1) is 10.1 Å². The number of thiazole rings is 1. The quantitative estimate of drug-likeness (QED) is 0.461. The zero-order valence-electron chi connectivity index (χ0n) is 12.5. The molecule has 4 heterocycles. The van der Waals surface area contributed by atoms with E-state index >= 15 is 0 Å². The maximum absolute atomic E-state index is 12.6. The standard InChI is InChI=1S/C13H10N5O5S/c1-15-10-9(11(19)16(2)13(15)20)17-6(5-24-12(17)14-10)7-3-4-8(23-7)18(21)22/h3-5,9H,1-2H3/q+1. The number of aliphatic imine (C=N–C) groups is 1. The second kappa shape index (κ2) is 4.71. The predicted octanol–water partition coefficient (Wildman–Crippen LogP) is 1.31. The summed E-state index contributed by atoms with van der Waals surface area (Å²) in [6, 6.07) is 1.47. The highest BCUT2D eigenvalue weighted by atomic mass is 32.1. The van der Waals surface area contributed by atoms with Crippen LogP contribution in [-0.2, 0) is 4.79 Å². The SMILES string of the molecule is CN1C(=O)C2C(=Nc3scc(-c4ccc([N+](=O)[O-])o4)[n+]32)N(C)C1=O. The Hall–Kier alpha value is -3.08. The third-order valence-corrected chi connectivity index (χ3v) is 4.80. The molecule has 122 valence electrons. The zero-order chi connectivity index (χ0) is 17.2. The summed E-state index contributed by atoms with van der Waals surface area (Å²) in [5.41, 5.74) is 0.497. The number of urea groups is 1. The highest BCUT2D eigenvalue weighted by Gasteiger charge is 2.54. The number of hydrogen-bond donors (Lipinski definition) is 0. The van der Waals surface area contributed by atoms with Gasteiger partial charge in [0.05, 0.1) is 6.07 Å². The van der Waals surface area contributed by atoms with E-state index in [1.54, 1.807) is 17.0 Å². The van der Waals surface area contributed by atoms with Crippen molar-refractivity contribution in [2.24, 2.45) is 4.99 Å². The number of amidine groups is 1. The van der Waals surface area contributed by atoms with Gasteiger partial charge in [-0.25, -0.2) is 4.79 Å². The molecule has 0 bridgehead atoms. The number of carbonyl (C=O) groups excluding carboxylic acids is 2. The van der Waals surface area contributed by atoms with Gasteiger partial charge in [0.15, 0.2) is 11.5 Å². The summed E-state index contributed by atoms with van der Waals surface area (Å²) < 4.78 is 6.86. The van der Waals surface area contributed by atoms with Crippen LogP contribution in [-0.4, -0.2) is 46.6 Å². The van der Waals surface area contributed by atoms with Crippen LogP contribution in [0.1, 0.15) is 6.04 Å². The van der Waals surface area contributed by atoms with E-state index in [0.717, 1.165) is 4.90 Å². The Morgan fingerprint density at radius 3 is 2.75 bits per heavy atom. The van der Waals surface area contributed by atoms with Gasteiger partial charge in [-0.05, 0) is 11.1 Å². The molecule has 24 heavy (non-hydrogen) atoms. The number of aromatic nitrogens is 1. The third kappa shape index (κ3) is 1.75. The molecule has 1 unspecified atom stereocenters. The minimum atomic E-state index is -0.793. The largest absolute Gasteiger partial charge is 0.433 e. The monoisotopic (exact) mass is 348 g/mol. The van der Waals surface area contributed by atoms with E-state index in [-0.39, 0.29) is 11.6 Å². The highest BCUT2D eigenvalue weighted by molar-refractivity contribution is 7.13. The van der Waals surface area contributed by atoms with E-state index in [2.05, 4.69) is 4.99 Å². The van der Waals surface area contributed by atoms with Gasteiger partial charge in [0.2, 0.25) is 0 Å². The molecular weight excluding hydrogens is 338 g/mol. The van der Waals surface area contributed by atoms with E-state index in [4.69, 9.17) is 4.42 Å². The molecule has 0 spiro atoms. The summed E-state index contributed by atoms with van der Waals surface area (Å²) in [6.07, 6.45) is 0. The highest BCUT2D eigenvalue weighted by Crippen LogP contribution is 2.36. The Bertz CT molecular complexity index is 944. The summed E-state index contributed by atoms with van der Waals surface area (Å²) in [5, 5.41) is 13.0. The number of rotatable bonds is 2. The lowest BCUT2D eigenvalue weighted by atomic mass is 10.1. The average Bonchev–Trinajstić information content (AvgIpc) is 3.24. The molecule has 2 aliphatic heterocycles. The van der Waals surface area contributed by atoms with Gasteiger partial charge in [0.25, 0.3) is 17.8 Å². The van der Waals surface area contributed by atoms with Crippen LogP contribution in [0.15, 0.2) is 26.9 Å². The minimum Gasteiger partial charge on any atom is -0.397 e. The molecule has 0 radical (unpaired) electrons. The van der Waals surface area contributed by atoms with Gasteiger partial charge in [-0.3, -0.25) is 24.7 Å². The first-order valence-corrected chi connectivity index (χ1v) is 7.69. The van der Waals surface area contributed by atoms with Crippen molar-refractivity contribution in [3.63, 3.8) is 0 Å². The van der Waals surface area contributed by atoms with E-state index in [1.807, 2.05) is 0 Å². The van der Waals surface area contributed by atoms with Gasteiger partial charge >= 0.3 is 17.0 Å². The minimum absolute atomic E-state index is 0.260. The summed E-state index contributed by atoms with van der Waals surface area (Å²) in [5.74, 6) is -0.210. The smallest absolute Gasteiger partial charge is 0.397 e. The summed E-state index contributed by atoms with van der Waals surface area (Å²) in [7, 11) is 2.95. The van der Waals surface area contributed by atoms with E-state index < -0.39 is 22.9 Å². The number of nitro groups is 1. The fraction of sp³-hybridized carbons (Fsp3) is 0.231. The molecule has 1 fully saturated rings. The summed E-state index contributed by atoms with van der Waals surface area (Å²) in [6.45, 7) is 0. The molecule has 0 aromatic carbocycles. The molecule has 11 heteroatoms. The lowest BCUT2D eigenvalue weighted by Crippen LogP contribution is -2.62.